The minimum absolute atomic E-state index is 0.190. The average Bonchev–Trinajstić information content (AvgIpc) is 2.96. The molecule has 2 atom stereocenters. The highest BCUT2D eigenvalue weighted by atomic mass is 16.5. The largest absolute Gasteiger partial charge is 0.488 e. The fourth-order valence-corrected chi connectivity index (χ4v) is 1.97. The molecule has 17 heavy (non-hydrogen) atoms. The van der Waals surface area contributed by atoms with Crippen LogP contribution < -0.4 is 4.74 Å². The number of rotatable bonds is 3. The Kier molecular flexibility index (Phi) is 2.86. The predicted molar refractivity (Wildman–Crippen MR) is 65.3 cm³/mol. The van der Waals surface area contributed by atoms with Crippen LogP contribution >= 0.6 is 0 Å². The van der Waals surface area contributed by atoms with E-state index in [1.165, 1.54) is 0 Å². The molecule has 1 aromatic carbocycles. The number of carboxylic acids is 1. The first-order chi connectivity index (χ1) is 7.87. The zero-order valence-corrected chi connectivity index (χ0v) is 10.4. The topological polar surface area (TPSA) is 46.5 Å². The molecule has 2 rings (SSSR count). The van der Waals surface area contributed by atoms with Crippen molar-refractivity contribution in [2.45, 2.75) is 38.7 Å². The first kappa shape index (κ1) is 12.0. The molecule has 3 heteroatoms. The molecule has 0 bridgehead atoms. The molecule has 0 amide bonds. The second kappa shape index (κ2) is 4.06. The van der Waals surface area contributed by atoms with E-state index in [0.29, 0.717) is 0 Å². The molecule has 1 fully saturated rings. The molecule has 0 spiro atoms. The van der Waals surface area contributed by atoms with Gasteiger partial charge in [-0.1, -0.05) is 12.1 Å². The SMILES string of the molecule is CC(C)(C)Oc1ccc(C2CC2C(=O)O)cc1. The van der Waals surface area contributed by atoms with E-state index in [4.69, 9.17) is 9.84 Å². The third-order valence-corrected chi connectivity index (χ3v) is 2.84. The van der Waals surface area contributed by atoms with E-state index in [1.807, 2.05) is 45.0 Å². The predicted octanol–water partition coefficient (Wildman–Crippen LogP) is 3.05. The van der Waals surface area contributed by atoms with Crippen LogP contribution in [0.4, 0.5) is 0 Å². The summed E-state index contributed by atoms with van der Waals surface area (Å²) in [5.74, 6) is 0.138. The van der Waals surface area contributed by atoms with E-state index in [0.717, 1.165) is 17.7 Å². The molecule has 92 valence electrons. The Bertz CT molecular complexity index is 414. The lowest BCUT2D eigenvalue weighted by Gasteiger charge is -2.21. The second-order valence-electron chi connectivity index (χ2n) is 5.57. The Labute approximate surface area is 101 Å². The number of ether oxygens (including phenoxy) is 1. The summed E-state index contributed by atoms with van der Waals surface area (Å²) in [6.45, 7) is 6.01. The third kappa shape index (κ3) is 2.99. The van der Waals surface area contributed by atoms with Gasteiger partial charge in [-0.15, -0.1) is 0 Å². The Morgan fingerprint density at radius 3 is 2.29 bits per heavy atom. The van der Waals surface area contributed by atoms with Gasteiger partial charge in [-0.2, -0.15) is 0 Å². The zero-order valence-electron chi connectivity index (χ0n) is 10.4. The van der Waals surface area contributed by atoms with Crippen molar-refractivity contribution < 1.29 is 14.6 Å². The summed E-state index contributed by atoms with van der Waals surface area (Å²) in [6, 6.07) is 7.76. The van der Waals surface area contributed by atoms with Gasteiger partial charge in [0.2, 0.25) is 0 Å². The lowest BCUT2D eigenvalue weighted by atomic mass is 10.1. The maximum Gasteiger partial charge on any atom is 0.307 e. The number of aliphatic carboxylic acids is 1. The van der Waals surface area contributed by atoms with Gasteiger partial charge in [-0.05, 0) is 50.8 Å². The van der Waals surface area contributed by atoms with Gasteiger partial charge in [0.1, 0.15) is 11.4 Å². The zero-order chi connectivity index (χ0) is 12.6. The molecule has 0 saturated heterocycles. The van der Waals surface area contributed by atoms with Crippen LogP contribution in [-0.2, 0) is 4.79 Å². The normalized spacial score (nSPS) is 23.2. The Morgan fingerprint density at radius 2 is 1.88 bits per heavy atom. The second-order valence-corrected chi connectivity index (χ2v) is 5.57. The van der Waals surface area contributed by atoms with Crippen molar-refractivity contribution in [3.05, 3.63) is 29.8 Å². The van der Waals surface area contributed by atoms with Crippen molar-refractivity contribution in [2.24, 2.45) is 5.92 Å². The van der Waals surface area contributed by atoms with Gasteiger partial charge < -0.3 is 9.84 Å². The summed E-state index contributed by atoms with van der Waals surface area (Å²) >= 11 is 0. The Hall–Kier alpha value is -1.51. The van der Waals surface area contributed by atoms with Crippen LogP contribution in [0.3, 0.4) is 0 Å². The van der Waals surface area contributed by atoms with Crippen LogP contribution in [0, 0.1) is 5.92 Å². The van der Waals surface area contributed by atoms with Gasteiger partial charge in [0, 0.05) is 0 Å². The first-order valence-corrected chi connectivity index (χ1v) is 5.88. The van der Waals surface area contributed by atoms with Crippen molar-refractivity contribution in [2.75, 3.05) is 0 Å². The summed E-state index contributed by atoms with van der Waals surface area (Å²) in [6.07, 6.45) is 0.759. The molecule has 1 aliphatic carbocycles. The molecular weight excluding hydrogens is 216 g/mol. The highest BCUT2D eigenvalue weighted by Gasteiger charge is 2.44. The van der Waals surface area contributed by atoms with Gasteiger partial charge in [0.05, 0.1) is 5.92 Å². The van der Waals surface area contributed by atoms with Crippen LogP contribution in [-0.4, -0.2) is 16.7 Å². The number of carboxylic acid groups (broad SMARTS) is 1. The number of carbonyl (C=O) groups is 1. The molecule has 0 aromatic heterocycles. The van der Waals surface area contributed by atoms with Crippen LogP contribution in [0.1, 0.15) is 38.7 Å². The van der Waals surface area contributed by atoms with Crippen molar-refractivity contribution in [3.63, 3.8) is 0 Å². The molecule has 2 unspecified atom stereocenters. The summed E-state index contributed by atoms with van der Waals surface area (Å²) < 4.78 is 5.71. The van der Waals surface area contributed by atoms with Crippen molar-refractivity contribution in [1.82, 2.24) is 0 Å². The number of hydrogen-bond acceptors (Lipinski definition) is 2. The molecule has 1 saturated carbocycles. The van der Waals surface area contributed by atoms with Gasteiger partial charge in [0.25, 0.3) is 0 Å². The first-order valence-electron chi connectivity index (χ1n) is 5.88. The Balaban J connectivity index is 2.02. The maximum atomic E-state index is 10.8. The highest BCUT2D eigenvalue weighted by Crippen LogP contribution is 2.47. The fraction of sp³-hybridized carbons (Fsp3) is 0.500. The van der Waals surface area contributed by atoms with Crippen molar-refractivity contribution in [3.8, 4) is 5.75 Å². The Morgan fingerprint density at radius 1 is 1.29 bits per heavy atom. The van der Waals surface area contributed by atoms with E-state index >= 15 is 0 Å². The van der Waals surface area contributed by atoms with E-state index in [-0.39, 0.29) is 17.4 Å². The van der Waals surface area contributed by atoms with Gasteiger partial charge in [-0.25, -0.2) is 0 Å². The van der Waals surface area contributed by atoms with Crippen LogP contribution in [0.5, 0.6) is 5.75 Å². The van der Waals surface area contributed by atoms with Crippen molar-refractivity contribution >= 4 is 5.97 Å². The monoisotopic (exact) mass is 234 g/mol. The minimum Gasteiger partial charge on any atom is -0.488 e. The number of benzene rings is 1. The van der Waals surface area contributed by atoms with E-state index in [1.54, 1.807) is 0 Å². The molecule has 0 aliphatic heterocycles. The molecule has 0 heterocycles. The standard InChI is InChI=1S/C14H18O3/c1-14(2,3)17-10-6-4-9(5-7-10)11-8-12(11)13(15)16/h4-7,11-12H,8H2,1-3H3,(H,15,16). The maximum absolute atomic E-state index is 10.8. The summed E-state index contributed by atoms with van der Waals surface area (Å²) in [7, 11) is 0. The van der Waals surface area contributed by atoms with Gasteiger partial charge in [-0.3, -0.25) is 4.79 Å². The van der Waals surface area contributed by atoms with Gasteiger partial charge >= 0.3 is 5.97 Å². The molecule has 1 N–H and O–H groups in total. The minimum atomic E-state index is -0.690. The molecule has 1 aliphatic rings. The van der Waals surface area contributed by atoms with E-state index in [9.17, 15) is 4.79 Å². The molecule has 0 radical (unpaired) electrons. The van der Waals surface area contributed by atoms with Crippen molar-refractivity contribution in [1.29, 1.82) is 0 Å². The van der Waals surface area contributed by atoms with Crippen LogP contribution in [0.25, 0.3) is 0 Å². The molecule has 3 nitrogen and oxygen atoms in total. The van der Waals surface area contributed by atoms with E-state index < -0.39 is 5.97 Å². The fourth-order valence-electron chi connectivity index (χ4n) is 1.97. The summed E-state index contributed by atoms with van der Waals surface area (Å²) in [5.41, 5.74) is 0.892. The van der Waals surface area contributed by atoms with Gasteiger partial charge in [0.15, 0.2) is 0 Å². The number of hydrogen-bond donors (Lipinski definition) is 1. The summed E-state index contributed by atoms with van der Waals surface area (Å²) in [5, 5.41) is 8.87. The smallest absolute Gasteiger partial charge is 0.307 e. The quantitative estimate of drug-likeness (QED) is 0.874. The highest BCUT2D eigenvalue weighted by molar-refractivity contribution is 5.75. The van der Waals surface area contributed by atoms with Crippen LogP contribution in [0.15, 0.2) is 24.3 Å². The third-order valence-electron chi connectivity index (χ3n) is 2.84. The summed E-state index contributed by atoms with van der Waals surface area (Å²) in [4.78, 5) is 10.8. The molecule has 1 aromatic rings. The average molecular weight is 234 g/mol. The lowest BCUT2D eigenvalue weighted by molar-refractivity contribution is -0.138. The lowest BCUT2D eigenvalue weighted by Crippen LogP contribution is -2.22. The van der Waals surface area contributed by atoms with E-state index in [2.05, 4.69) is 0 Å². The molecular formula is C14H18O3. The van der Waals surface area contributed by atoms with Crippen LogP contribution in [0.2, 0.25) is 0 Å².